The number of quaternary nitrogens is 1. The van der Waals surface area contributed by atoms with Crippen LogP contribution in [0.25, 0.3) is 0 Å². The van der Waals surface area contributed by atoms with Gasteiger partial charge in [-0.1, -0.05) is 12.1 Å². The van der Waals surface area contributed by atoms with Crippen molar-refractivity contribution < 1.29 is 9.69 Å². The van der Waals surface area contributed by atoms with Crippen molar-refractivity contribution >= 4 is 22.9 Å². The summed E-state index contributed by atoms with van der Waals surface area (Å²) in [5.74, 6) is 1.04. The number of nitrogens with zero attached hydrogens (tertiary/aromatic N) is 2. The maximum Gasteiger partial charge on any atom is 0.277 e. The summed E-state index contributed by atoms with van der Waals surface area (Å²) in [6.07, 6.45) is 3.77. The number of nitrogens with one attached hydrogen (secondary N) is 1. The number of likely N-dealkylation sites (N-methyl/N-ethyl adjacent to an activating group) is 1. The molecule has 1 saturated carbocycles. The highest BCUT2D eigenvalue weighted by atomic mass is 32.1. The van der Waals surface area contributed by atoms with Crippen molar-refractivity contribution in [3.8, 4) is 0 Å². The van der Waals surface area contributed by atoms with Crippen LogP contribution in [0.15, 0.2) is 35.7 Å². The van der Waals surface area contributed by atoms with E-state index in [1.54, 1.807) is 4.88 Å². The molecule has 144 valence electrons. The molecule has 2 heterocycles. The molecule has 4 nitrogen and oxygen atoms in total. The first-order chi connectivity index (χ1) is 13.0. The predicted molar refractivity (Wildman–Crippen MR) is 111 cm³/mol. The van der Waals surface area contributed by atoms with Crippen LogP contribution in [0.3, 0.4) is 0 Å². The topological polar surface area (TPSA) is 28.0 Å². The molecule has 27 heavy (non-hydrogen) atoms. The van der Waals surface area contributed by atoms with Crippen molar-refractivity contribution in [1.29, 1.82) is 0 Å². The third-order valence-electron chi connectivity index (χ3n) is 6.00. The lowest BCUT2D eigenvalue weighted by Crippen LogP contribution is -3.14. The molecule has 1 aliphatic carbocycles. The molecule has 2 aliphatic rings. The van der Waals surface area contributed by atoms with E-state index in [0.717, 1.165) is 18.9 Å². The van der Waals surface area contributed by atoms with Gasteiger partial charge in [-0.2, -0.15) is 0 Å². The number of anilines is 1. The Morgan fingerprint density at radius 1 is 1.15 bits per heavy atom. The van der Waals surface area contributed by atoms with Gasteiger partial charge in [0.2, 0.25) is 0 Å². The first-order valence-electron chi connectivity index (χ1n) is 9.94. The Labute approximate surface area is 166 Å². The maximum atomic E-state index is 12.9. The van der Waals surface area contributed by atoms with Crippen LogP contribution in [0.4, 0.5) is 5.69 Å². The van der Waals surface area contributed by atoms with Crippen molar-refractivity contribution in [3.63, 3.8) is 0 Å². The predicted octanol–water partition coefficient (Wildman–Crippen LogP) is 2.36. The molecule has 1 aromatic carbocycles. The van der Waals surface area contributed by atoms with Gasteiger partial charge in [-0.25, -0.2) is 0 Å². The molecular weight excluding hydrogens is 354 g/mol. The van der Waals surface area contributed by atoms with Crippen molar-refractivity contribution in [2.75, 3.05) is 39.1 Å². The van der Waals surface area contributed by atoms with Gasteiger partial charge in [0, 0.05) is 56.2 Å². The second-order valence-electron chi connectivity index (χ2n) is 8.26. The van der Waals surface area contributed by atoms with Gasteiger partial charge in [-0.05, 0) is 42.0 Å². The molecule has 0 bridgehead atoms. The van der Waals surface area contributed by atoms with Crippen LogP contribution in [-0.4, -0.2) is 45.0 Å². The second-order valence-corrected chi connectivity index (χ2v) is 9.26. The smallest absolute Gasteiger partial charge is 0.277 e. The van der Waals surface area contributed by atoms with Crippen LogP contribution in [-0.2, 0) is 17.8 Å². The van der Waals surface area contributed by atoms with Gasteiger partial charge in [0.05, 0.1) is 6.54 Å². The quantitative estimate of drug-likeness (QED) is 0.828. The molecule has 1 aliphatic heterocycles. The van der Waals surface area contributed by atoms with E-state index in [-0.39, 0.29) is 5.91 Å². The Morgan fingerprint density at radius 2 is 1.89 bits per heavy atom. The Balaban J connectivity index is 1.39. The number of fused-ring (bicyclic) bond motifs is 1. The zero-order valence-corrected chi connectivity index (χ0v) is 17.4. The number of carbonyl (C=O) groups excluding carboxylic acids is 1. The first kappa shape index (κ1) is 18.5. The van der Waals surface area contributed by atoms with Crippen LogP contribution < -0.4 is 9.80 Å². The van der Waals surface area contributed by atoms with Gasteiger partial charge in [-0.15, -0.1) is 11.3 Å². The van der Waals surface area contributed by atoms with E-state index in [4.69, 9.17) is 0 Å². The van der Waals surface area contributed by atoms with E-state index in [1.165, 1.54) is 34.6 Å². The van der Waals surface area contributed by atoms with E-state index in [0.29, 0.717) is 19.1 Å². The molecule has 1 aromatic heterocycles. The molecule has 2 aromatic rings. The normalized spacial score (nSPS) is 21.6. The summed E-state index contributed by atoms with van der Waals surface area (Å²) in [7, 11) is 6.02. The number of amides is 1. The fourth-order valence-corrected chi connectivity index (χ4v) is 5.22. The van der Waals surface area contributed by atoms with Crippen LogP contribution in [0.2, 0.25) is 0 Å². The summed E-state index contributed by atoms with van der Waals surface area (Å²) >= 11 is 1.89. The molecule has 1 N–H and O–H groups in total. The fraction of sp³-hybridized carbons (Fsp3) is 0.500. The Bertz CT molecular complexity index is 794. The average Bonchev–Trinajstić information content (AvgIpc) is 3.38. The molecule has 0 radical (unpaired) electrons. The van der Waals surface area contributed by atoms with Crippen LogP contribution in [0.5, 0.6) is 0 Å². The van der Waals surface area contributed by atoms with Gasteiger partial charge in [0.15, 0.2) is 6.54 Å². The van der Waals surface area contributed by atoms with Crippen molar-refractivity contribution in [1.82, 2.24) is 4.90 Å². The number of benzene rings is 1. The van der Waals surface area contributed by atoms with Gasteiger partial charge in [0.25, 0.3) is 5.91 Å². The number of carbonyl (C=O) groups is 1. The summed E-state index contributed by atoms with van der Waals surface area (Å²) in [5.41, 5.74) is 3.90. The van der Waals surface area contributed by atoms with Crippen molar-refractivity contribution in [2.24, 2.45) is 5.92 Å². The Morgan fingerprint density at radius 3 is 2.56 bits per heavy atom. The molecule has 1 fully saturated rings. The maximum absolute atomic E-state index is 12.9. The lowest BCUT2D eigenvalue weighted by molar-refractivity contribution is -0.929. The van der Waals surface area contributed by atoms with E-state index in [1.807, 2.05) is 37.4 Å². The SMILES string of the molecule is CN(Cc1ccc(N(C)C)cc1)C(=O)C[NH+]1CCc2sccc2[C@H]1C1CC1. The number of thiophene rings is 1. The summed E-state index contributed by atoms with van der Waals surface area (Å²) in [4.78, 5) is 19.9. The zero-order valence-electron chi connectivity index (χ0n) is 16.6. The highest BCUT2D eigenvalue weighted by molar-refractivity contribution is 7.10. The molecule has 1 amide bonds. The fourth-order valence-electron chi connectivity index (χ4n) is 4.29. The van der Waals surface area contributed by atoms with Gasteiger partial charge in [-0.3, -0.25) is 4.79 Å². The molecule has 0 saturated heterocycles. The third kappa shape index (κ3) is 4.04. The van der Waals surface area contributed by atoms with E-state index in [2.05, 4.69) is 40.6 Å². The minimum atomic E-state index is 0.256. The molecule has 1 unspecified atom stereocenters. The summed E-state index contributed by atoms with van der Waals surface area (Å²) < 4.78 is 0. The Hall–Kier alpha value is -1.85. The van der Waals surface area contributed by atoms with E-state index in [9.17, 15) is 4.79 Å². The number of hydrogen-bond acceptors (Lipinski definition) is 3. The summed E-state index contributed by atoms with van der Waals surface area (Å²) in [6, 6.07) is 11.3. The highest BCUT2D eigenvalue weighted by Gasteiger charge is 2.43. The molecule has 2 atom stereocenters. The zero-order chi connectivity index (χ0) is 19.0. The van der Waals surface area contributed by atoms with Crippen LogP contribution in [0, 0.1) is 5.92 Å². The van der Waals surface area contributed by atoms with Gasteiger partial charge in [0.1, 0.15) is 6.04 Å². The van der Waals surface area contributed by atoms with Gasteiger partial charge >= 0.3 is 0 Å². The minimum absolute atomic E-state index is 0.256. The van der Waals surface area contributed by atoms with E-state index >= 15 is 0 Å². The standard InChI is InChI=1S/C22H29N3OS/c1-23(2)18-8-4-16(5-9-18)14-24(3)21(26)15-25-12-10-20-19(11-13-27-20)22(25)17-6-7-17/h4-5,8-9,11,13,17,22H,6-7,10,12,14-15H2,1-3H3/p+1/t22-/m1/s1. The van der Waals surface area contributed by atoms with Gasteiger partial charge < -0.3 is 14.7 Å². The Kier molecular flexibility index (Phi) is 5.24. The third-order valence-corrected chi connectivity index (χ3v) is 6.99. The van der Waals surface area contributed by atoms with Crippen LogP contribution in [0.1, 0.15) is 34.9 Å². The van der Waals surface area contributed by atoms with E-state index < -0.39 is 0 Å². The molecular formula is C22H30N3OS+. The second kappa shape index (κ2) is 7.64. The first-order valence-corrected chi connectivity index (χ1v) is 10.8. The summed E-state index contributed by atoms with van der Waals surface area (Å²) in [6.45, 7) is 2.38. The lowest BCUT2D eigenvalue weighted by Gasteiger charge is -2.33. The minimum Gasteiger partial charge on any atom is -0.378 e. The monoisotopic (exact) mass is 384 g/mol. The lowest BCUT2D eigenvalue weighted by atomic mass is 9.96. The highest BCUT2D eigenvalue weighted by Crippen LogP contribution is 2.42. The van der Waals surface area contributed by atoms with Crippen molar-refractivity contribution in [3.05, 3.63) is 51.7 Å². The number of hydrogen-bond donors (Lipinski definition) is 1. The molecule has 0 spiro atoms. The van der Waals surface area contributed by atoms with Crippen molar-refractivity contribution in [2.45, 2.75) is 31.8 Å². The number of rotatable bonds is 6. The molecule has 4 rings (SSSR count). The summed E-state index contributed by atoms with van der Waals surface area (Å²) in [5, 5.41) is 2.23. The van der Waals surface area contributed by atoms with Crippen LogP contribution >= 0.6 is 11.3 Å². The molecule has 5 heteroatoms. The average molecular weight is 385 g/mol. The largest absolute Gasteiger partial charge is 0.378 e.